The fourth-order valence-electron chi connectivity index (χ4n) is 1.27. The lowest BCUT2D eigenvalue weighted by molar-refractivity contribution is 0.879. The Morgan fingerprint density at radius 3 is 3.23 bits per heavy atom. The van der Waals surface area contributed by atoms with Crippen molar-refractivity contribution in [2.24, 2.45) is 0 Å². The Bertz CT molecular complexity index is 631. The van der Waals surface area contributed by atoms with Gasteiger partial charge in [-0.1, -0.05) is 0 Å². The zero-order valence-corrected chi connectivity index (χ0v) is 6.35. The lowest BCUT2D eigenvalue weighted by atomic mass is 10.5. The van der Waals surface area contributed by atoms with Crippen LogP contribution < -0.4 is 5.69 Å². The van der Waals surface area contributed by atoms with Crippen molar-refractivity contribution in [3.63, 3.8) is 0 Å². The summed E-state index contributed by atoms with van der Waals surface area (Å²) in [6.45, 7) is 0. The predicted molar refractivity (Wildman–Crippen MR) is 43.3 cm³/mol. The number of fused-ring (bicyclic) bond motifs is 3. The summed E-state index contributed by atoms with van der Waals surface area (Å²) in [5.74, 6) is 0. The summed E-state index contributed by atoms with van der Waals surface area (Å²) in [5, 5.41) is 3.76. The third-order valence-corrected chi connectivity index (χ3v) is 1.83. The molecule has 0 bridgehead atoms. The van der Waals surface area contributed by atoms with E-state index in [0.717, 1.165) is 0 Å². The van der Waals surface area contributed by atoms with Crippen molar-refractivity contribution in [3.05, 3.63) is 23.1 Å². The quantitative estimate of drug-likeness (QED) is 0.473. The Balaban J connectivity index is 2.79. The Kier molecular flexibility index (Phi) is 0.950. The number of hydrogen-bond acceptors (Lipinski definition) is 4. The summed E-state index contributed by atoms with van der Waals surface area (Å²) in [4.78, 5) is 24.6. The number of nitrogens with zero attached hydrogens (tertiary/aromatic N) is 4. The molecule has 64 valence electrons. The molecule has 0 unspecified atom stereocenters. The third-order valence-electron chi connectivity index (χ3n) is 1.83. The van der Waals surface area contributed by atoms with Crippen LogP contribution in [0.4, 0.5) is 0 Å². The molecule has 0 aromatic carbocycles. The third kappa shape index (κ3) is 0.675. The molecule has 0 aliphatic carbocycles. The minimum atomic E-state index is -0.341. The van der Waals surface area contributed by atoms with Gasteiger partial charge in [-0.2, -0.15) is 9.61 Å². The van der Waals surface area contributed by atoms with E-state index >= 15 is 0 Å². The fraction of sp³-hybridized carbons (Fsp3) is 0. The van der Waals surface area contributed by atoms with Crippen LogP contribution in [0, 0.1) is 0 Å². The van der Waals surface area contributed by atoms with Gasteiger partial charge < -0.3 is 4.98 Å². The van der Waals surface area contributed by atoms with E-state index in [1.54, 1.807) is 0 Å². The second-order valence-corrected chi connectivity index (χ2v) is 2.55. The van der Waals surface area contributed by atoms with E-state index in [4.69, 9.17) is 0 Å². The molecule has 3 aromatic rings. The van der Waals surface area contributed by atoms with Crippen LogP contribution in [-0.2, 0) is 0 Å². The van der Waals surface area contributed by atoms with Gasteiger partial charge in [0.25, 0.3) is 0 Å². The summed E-state index contributed by atoms with van der Waals surface area (Å²) >= 11 is 0. The molecular weight excluding hydrogens is 172 g/mol. The highest BCUT2D eigenvalue weighted by atomic mass is 16.1. The van der Waals surface area contributed by atoms with E-state index in [2.05, 4.69) is 25.0 Å². The molecule has 3 rings (SSSR count). The molecule has 3 aromatic heterocycles. The average Bonchev–Trinajstić information content (AvgIpc) is 2.66. The molecule has 0 aliphatic rings. The van der Waals surface area contributed by atoms with E-state index < -0.39 is 0 Å². The highest BCUT2D eigenvalue weighted by molar-refractivity contribution is 5.83. The van der Waals surface area contributed by atoms with Gasteiger partial charge in [-0.05, 0) is 0 Å². The Morgan fingerprint density at radius 1 is 1.38 bits per heavy atom. The lowest BCUT2D eigenvalue weighted by Gasteiger charge is -1.90. The maximum atomic E-state index is 11.3. The first-order valence-corrected chi connectivity index (χ1v) is 3.61. The molecule has 0 saturated heterocycles. The molecule has 0 aliphatic heterocycles. The number of rotatable bonds is 0. The fourth-order valence-corrected chi connectivity index (χ4v) is 1.27. The second-order valence-electron chi connectivity index (χ2n) is 2.55. The summed E-state index contributed by atoms with van der Waals surface area (Å²) in [7, 11) is 0. The number of H-pyrrole nitrogens is 2. The van der Waals surface area contributed by atoms with Crippen LogP contribution >= 0.6 is 0 Å². The largest absolute Gasteiger partial charge is 0.349 e. The minimum Gasteiger partial charge on any atom is -0.340 e. The molecule has 0 radical (unpaired) electrons. The molecule has 0 amide bonds. The highest BCUT2D eigenvalue weighted by Gasteiger charge is 2.07. The van der Waals surface area contributed by atoms with Crippen molar-refractivity contribution in [2.75, 3.05) is 0 Å². The Hall–Kier alpha value is -2.18. The van der Waals surface area contributed by atoms with Gasteiger partial charge in [0.1, 0.15) is 11.8 Å². The van der Waals surface area contributed by atoms with Crippen molar-refractivity contribution in [1.29, 1.82) is 0 Å². The van der Waals surface area contributed by atoms with Gasteiger partial charge in [-0.15, -0.1) is 0 Å². The van der Waals surface area contributed by atoms with E-state index in [1.165, 1.54) is 17.2 Å². The van der Waals surface area contributed by atoms with Crippen molar-refractivity contribution in [2.45, 2.75) is 0 Å². The Labute approximate surface area is 70.4 Å². The number of aromatic amines is 2. The van der Waals surface area contributed by atoms with E-state index in [1.807, 2.05) is 0 Å². The first-order chi connectivity index (χ1) is 6.36. The van der Waals surface area contributed by atoms with Crippen LogP contribution in [0.15, 0.2) is 17.4 Å². The lowest BCUT2D eigenvalue weighted by Crippen LogP contribution is -2.17. The SMILES string of the molecule is O=c1[nH]c2nc[nH]c2c2ncnn12. The van der Waals surface area contributed by atoms with Gasteiger partial charge in [-0.25, -0.2) is 14.8 Å². The molecule has 2 N–H and O–H groups in total. The molecule has 7 heteroatoms. The number of nitrogens with one attached hydrogen (secondary N) is 2. The predicted octanol–water partition coefficient (Wildman–Crippen LogP) is -0.706. The smallest absolute Gasteiger partial charge is 0.340 e. The first-order valence-electron chi connectivity index (χ1n) is 3.61. The first kappa shape index (κ1) is 6.35. The summed E-state index contributed by atoms with van der Waals surface area (Å²) in [6, 6.07) is 0. The summed E-state index contributed by atoms with van der Waals surface area (Å²) in [6.07, 6.45) is 2.82. The van der Waals surface area contributed by atoms with Crippen LogP contribution in [0.25, 0.3) is 16.8 Å². The number of imidazole rings is 1. The monoisotopic (exact) mass is 176 g/mol. The van der Waals surface area contributed by atoms with Gasteiger partial charge in [0.05, 0.1) is 6.33 Å². The topological polar surface area (TPSA) is 91.7 Å². The highest BCUT2D eigenvalue weighted by Crippen LogP contribution is 2.07. The standard InChI is InChI=1S/C6H4N6O/c13-6-11-4-3(7-1-8-4)5-9-2-10-12(5)6/h1-2H,(H,7,8)(H,11,13). The molecule has 13 heavy (non-hydrogen) atoms. The molecule has 0 spiro atoms. The van der Waals surface area contributed by atoms with Gasteiger partial charge in [0.15, 0.2) is 11.3 Å². The van der Waals surface area contributed by atoms with Crippen LogP contribution in [0.1, 0.15) is 0 Å². The zero-order chi connectivity index (χ0) is 8.84. The maximum Gasteiger partial charge on any atom is 0.349 e. The van der Waals surface area contributed by atoms with Crippen molar-refractivity contribution in [3.8, 4) is 0 Å². The van der Waals surface area contributed by atoms with Crippen molar-refractivity contribution in [1.82, 2.24) is 29.5 Å². The molecular formula is C6H4N6O. The normalized spacial score (nSPS) is 11.4. The van der Waals surface area contributed by atoms with Crippen LogP contribution in [-0.4, -0.2) is 29.5 Å². The molecule has 7 nitrogen and oxygen atoms in total. The Morgan fingerprint density at radius 2 is 2.31 bits per heavy atom. The minimum absolute atomic E-state index is 0.341. The number of aromatic nitrogens is 6. The summed E-state index contributed by atoms with van der Waals surface area (Å²) < 4.78 is 1.18. The van der Waals surface area contributed by atoms with Gasteiger partial charge in [0.2, 0.25) is 0 Å². The molecule has 0 fully saturated rings. The average molecular weight is 176 g/mol. The molecule has 0 atom stereocenters. The molecule has 3 heterocycles. The van der Waals surface area contributed by atoms with Gasteiger partial charge in [0, 0.05) is 0 Å². The number of hydrogen-bond donors (Lipinski definition) is 2. The van der Waals surface area contributed by atoms with Crippen LogP contribution in [0.5, 0.6) is 0 Å². The van der Waals surface area contributed by atoms with Crippen LogP contribution in [0.2, 0.25) is 0 Å². The summed E-state index contributed by atoms with van der Waals surface area (Å²) in [5.41, 5.74) is 1.31. The van der Waals surface area contributed by atoms with Crippen LogP contribution in [0.3, 0.4) is 0 Å². The van der Waals surface area contributed by atoms with E-state index in [-0.39, 0.29) is 5.69 Å². The van der Waals surface area contributed by atoms with E-state index in [0.29, 0.717) is 16.8 Å². The van der Waals surface area contributed by atoms with Crippen molar-refractivity contribution >= 4 is 16.8 Å². The second kappa shape index (κ2) is 1.94. The molecule has 0 saturated carbocycles. The maximum absolute atomic E-state index is 11.3. The van der Waals surface area contributed by atoms with Crippen molar-refractivity contribution < 1.29 is 0 Å². The van der Waals surface area contributed by atoms with Gasteiger partial charge in [-0.3, -0.25) is 4.98 Å². The van der Waals surface area contributed by atoms with E-state index in [9.17, 15) is 4.79 Å². The zero-order valence-electron chi connectivity index (χ0n) is 6.35. The van der Waals surface area contributed by atoms with Gasteiger partial charge >= 0.3 is 5.69 Å².